The molecule has 0 aliphatic carbocycles. The fraction of sp³-hybridized carbons (Fsp3) is 0.714. The summed E-state index contributed by atoms with van der Waals surface area (Å²) in [7, 11) is 0. The van der Waals surface area contributed by atoms with Crippen molar-refractivity contribution in [3.63, 3.8) is 0 Å². The molecular weight excluding hydrogens is 184 g/mol. The molecule has 0 bridgehead atoms. The predicted octanol–water partition coefficient (Wildman–Crippen LogP) is 3.68. The van der Waals surface area contributed by atoms with Gasteiger partial charge in [-0.15, -0.1) is 0 Å². The van der Waals surface area contributed by atoms with Crippen LogP contribution in [0.2, 0.25) is 0 Å². The van der Waals surface area contributed by atoms with E-state index in [9.17, 15) is 0 Å². The summed E-state index contributed by atoms with van der Waals surface area (Å²) in [5.74, 6) is 5.49. The van der Waals surface area contributed by atoms with Gasteiger partial charge in [0.25, 0.3) is 0 Å². The number of allylic oxidation sites excluding steroid dienone is 2. The van der Waals surface area contributed by atoms with Crippen molar-refractivity contribution in [2.45, 2.75) is 58.3 Å². The lowest BCUT2D eigenvalue weighted by molar-refractivity contribution is 0.350. The molecule has 0 saturated carbocycles. The zero-order chi connectivity index (χ0) is 11.2. The van der Waals surface area contributed by atoms with Gasteiger partial charge in [-0.2, -0.15) is 0 Å². The highest BCUT2D eigenvalue weighted by atomic mass is 16.2. The molecule has 0 heterocycles. The minimum atomic E-state index is -0.0226. The molecule has 0 saturated heterocycles. The van der Waals surface area contributed by atoms with E-state index in [2.05, 4.69) is 30.9 Å². The summed E-state index contributed by atoms with van der Waals surface area (Å²) < 4.78 is 0. The Kier molecular flexibility index (Phi) is 12.6. The lowest BCUT2D eigenvalue weighted by Gasteiger charge is -1.97. The molecule has 0 amide bonds. The van der Waals surface area contributed by atoms with Gasteiger partial charge in [-0.1, -0.05) is 63.0 Å². The van der Waals surface area contributed by atoms with Crippen LogP contribution in [0.15, 0.2) is 12.2 Å². The second kappa shape index (κ2) is 13.3. The number of rotatable bonds is 8. The van der Waals surface area contributed by atoms with Crippen LogP contribution in [0.3, 0.4) is 0 Å². The summed E-state index contributed by atoms with van der Waals surface area (Å²) in [4.78, 5) is 0. The van der Waals surface area contributed by atoms with Gasteiger partial charge in [0, 0.05) is 6.42 Å². The van der Waals surface area contributed by atoms with E-state index in [-0.39, 0.29) is 6.61 Å². The molecular formula is C14H24O. The zero-order valence-electron chi connectivity index (χ0n) is 9.97. The van der Waals surface area contributed by atoms with Crippen LogP contribution < -0.4 is 0 Å². The third-order valence-corrected chi connectivity index (χ3v) is 2.31. The quantitative estimate of drug-likeness (QED) is 0.366. The van der Waals surface area contributed by atoms with Crippen LogP contribution in [0.4, 0.5) is 0 Å². The molecule has 0 aromatic rings. The monoisotopic (exact) mass is 208 g/mol. The highest BCUT2D eigenvalue weighted by Crippen LogP contribution is 2.07. The van der Waals surface area contributed by atoms with Crippen molar-refractivity contribution < 1.29 is 5.11 Å². The molecule has 1 N–H and O–H groups in total. The standard InChI is InChI=1S/C14H24O/c1-2-3-4-5-6-7-8-9-10-11-12-13-14-15/h9-10,15H,2-8,11,14H2,1H3/b10-9-. The third kappa shape index (κ3) is 13.3. The van der Waals surface area contributed by atoms with E-state index in [4.69, 9.17) is 5.11 Å². The van der Waals surface area contributed by atoms with Crippen molar-refractivity contribution in [3.05, 3.63) is 12.2 Å². The Bertz CT molecular complexity index is 195. The van der Waals surface area contributed by atoms with Crippen molar-refractivity contribution in [2.24, 2.45) is 0 Å². The van der Waals surface area contributed by atoms with Gasteiger partial charge < -0.3 is 5.11 Å². The molecule has 1 heteroatoms. The molecule has 0 aliphatic heterocycles. The fourth-order valence-corrected chi connectivity index (χ4v) is 1.43. The van der Waals surface area contributed by atoms with Gasteiger partial charge in [0.15, 0.2) is 0 Å². The van der Waals surface area contributed by atoms with Crippen LogP contribution in [-0.2, 0) is 0 Å². The lowest BCUT2D eigenvalue weighted by Crippen LogP contribution is -1.77. The first kappa shape index (κ1) is 14.3. The van der Waals surface area contributed by atoms with E-state index >= 15 is 0 Å². The predicted molar refractivity (Wildman–Crippen MR) is 66.6 cm³/mol. The third-order valence-electron chi connectivity index (χ3n) is 2.31. The first-order valence-electron chi connectivity index (χ1n) is 6.13. The first-order valence-corrected chi connectivity index (χ1v) is 6.13. The van der Waals surface area contributed by atoms with Crippen LogP contribution in [0, 0.1) is 11.8 Å². The van der Waals surface area contributed by atoms with Gasteiger partial charge in [0.2, 0.25) is 0 Å². The van der Waals surface area contributed by atoms with Crippen LogP contribution in [-0.4, -0.2) is 11.7 Å². The second-order valence-electron chi connectivity index (χ2n) is 3.74. The fourth-order valence-electron chi connectivity index (χ4n) is 1.43. The number of hydrogen-bond donors (Lipinski definition) is 1. The topological polar surface area (TPSA) is 20.2 Å². The van der Waals surface area contributed by atoms with Gasteiger partial charge in [-0.25, -0.2) is 0 Å². The van der Waals surface area contributed by atoms with E-state index in [1.807, 2.05) is 0 Å². The Balaban J connectivity index is 3.09. The zero-order valence-corrected chi connectivity index (χ0v) is 9.97. The van der Waals surface area contributed by atoms with Crippen LogP contribution in [0.5, 0.6) is 0 Å². The minimum Gasteiger partial charge on any atom is -0.384 e. The van der Waals surface area contributed by atoms with Gasteiger partial charge in [-0.05, 0) is 12.8 Å². The average molecular weight is 208 g/mol. The van der Waals surface area contributed by atoms with Gasteiger partial charge in [0.05, 0.1) is 0 Å². The Morgan fingerprint density at radius 1 is 0.933 bits per heavy atom. The maximum absolute atomic E-state index is 8.41. The molecule has 0 atom stereocenters. The summed E-state index contributed by atoms with van der Waals surface area (Å²) in [6.07, 6.45) is 14.4. The lowest BCUT2D eigenvalue weighted by atomic mass is 10.1. The summed E-state index contributed by atoms with van der Waals surface area (Å²) >= 11 is 0. The normalized spacial score (nSPS) is 10.3. The van der Waals surface area contributed by atoms with Crippen molar-refractivity contribution in [1.82, 2.24) is 0 Å². The Morgan fingerprint density at radius 3 is 2.40 bits per heavy atom. The van der Waals surface area contributed by atoms with Crippen molar-refractivity contribution >= 4 is 0 Å². The molecule has 15 heavy (non-hydrogen) atoms. The number of aliphatic hydroxyl groups is 1. The summed E-state index contributed by atoms with van der Waals surface area (Å²) in [5, 5.41) is 8.41. The van der Waals surface area contributed by atoms with Crippen molar-refractivity contribution in [2.75, 3.05) is 6.61 Å². The molecule has 0 spiro atoms. The number of hydrogen-bond acceptors (Lipinski definition) is 1. The summed E-state index contributed by atoms with van der Waals surface area (Å²) in [6.45, 7) is 2.22. The smallest absolute Gasteiger partial charge is 0.104 e. The molecule has 0 aliphatic rings. The van der Waals surface area contributed by atoms with Crippen LogP contribution in [0.25, 0.3) is 0 Å². The maximum atomic E-state index is 8.41. The van der Waals surface area contributed by atoms with E-state index in [1.54, 1.807) is 0 Å². The SMILES string of the molecule is CCCCCCCC/C=C\CC#CCO. The summed E-state index contributed by atoms with van der Waals surface area (Å²) in [5.41, 5.74) is 0. The number of aliphatic hydroxyl groups excluding tert-OH is 1. The van der Waals surface area contributed by atoms with Gasteiger partial charge >= 0.3 is 0 Å². The second-order valence-corrected chi connectivity index (χ2v) is 3.74. The minimum absolute atomic E-state index is 0.0226. The molecule has 0 aromatic heterocycles. The Morgan fingerprint density at radius 2 is 1.67 bits per heavy atom. The molecule has 1 nitrogen and oxygen atoms in total. The van der Waals surface area contributed by atoms with Crippen molar-refractivity contribution in [3.8, 4) is 11.8 Å². The highest BCUT2D eigenvalue weighted by Gasteiger charge is 1.87. The van der Waals surface area contributed by atoms with Crippen LogP contribution >= 0.6 is 0 Å². The maximum Gasteiger partial charge on any atom is 0.104 e. The summed E-state index contributed by atoms with van der Waals surface area (Å²) in [6, 6.07) is 0. The molecule has 0 rings (SSSR count). The van der Waals surface area contributed by atoms with Crippen molar-refractivity contribution in [1.29, 1.82) is 0 Å². The molecule has 0 aromatic carbocycles. The Labute approximate surface area is 94.6 Å². The first-order chi connectivity index (χ1) is 7.41. The van der Waals surface area contributed by atoms with Gasteiger partial charge in [-0.3, -0.25) is 0 Å². The van der Waals surface area contributed by atoms with E-state index in [1.165, 1.54) is 44.9 Å². The van der Waals surface area contributed by atoms with E-state index < -0.39 is 0 Å². The molecule has 0 unspecified atom stereocenters. The van der Waals surface area contributed by atoms with E-state index in [0.717, 1.165) is 6.42 Å². The average Bonchev–Trinajstić information content (AvgIpc) is 2.26. The van der Waals surface area contributed by atoms with Gasteiger partial charge in [0.1, 0.15) is 6.61 Å². The number of unbranched alkanes of at least 4 members (excludes halogenated alkanes) is 6. The molecule has 86 valence electrons. The molecule has 0 radical (unpaired) electrons. The van der Waals surface area contributed by atoms with Crippen LogP contribution in [0.1, 0.15) is 58.3 Å². The molecule has 0 fully saturated rings. The largest absolute Gasteiger partial charge is 0.384 e. The Hall–Kier alpha value is -0.740. The highest BCUT2D eigenvalue weighted by molar-refractivity contribution is 5.04. The van der Waals surface area contributed by atoms with E-state index in [0.29, 0.717) is 0 Å².